The number of aryl methyl sites for hydroxylation is 2. The highest BCUT2D eigenvalue weighted by Gasteiger charge is 2.24. The molecule has 2 aromatic carbocycles. The van der Waals surface area contributed by atoms with Crippen LogP contribution >= 0.6 is 0 Å². The average Bonchev–Trinajstić information content (AvgIpc) is 2.84. The summed E-state index contributed by atoms with van der Waals surface area (Å²) >= 11 is 0. The van der Waals surface area contributed by atoms with Crippen LogP contribution in [0.25, 0.3) is 22.2 Å². The summed E-state index contributed by atoms with van der Waals surface area (Å²) in [6.45, 7) is 6.89. The summed E-state index contributed by atoms with van der Waals surface area (Å²) in [5.41, 5.74) is 5.75. The lowest BCUT2D eigenvalue weighted by Gasteiger charge is -2.35. The van der Waals surface area contributed by atoms with E-state index in [2.05, 4.69) is 52.1 Å². The molecule has 0 saturated carbocycles. The molecule has 3 heterocycles. The molecule has 0 radical (unpaired) electrons. The fourth-order valence-corrected chi connectivity index (χ4v) is 4.22. The molecule has 6 heteroatoms. The van der Waals surface area contributed by atoms with Gasteiger partial charge in [-0.25, -0.2) is 4.98 Å². The Balaban J connectivity index is 1.25. The van der Waals surface area contributed by atoms with Gasteiger partial charge in [0.15, 0.2) is 5.82 Å². The zero-order chi connectivity index (χ0) is 22.1. The molecule has 0 aliphatic carbocycles. The van der Waals surface area contributed by atoms with Crippen LogP contribution in [0, 0.1) is 13.8 Å². The Morgan fingerprint density at radius 3 is 2.41 bits per heavy atom. The molecule has 160 valence electrons. The fourth-order valence-electron chi connectivity index (χ4n) is 4.22. The SMILES string of the molecule is Cc1ccc(-c2ccc(N3CCN(C(=O)c4ccc5ccccc5n4)CC3)nn2)c(C)c1. The van der Waals surface area contributed by atoms with E-state index in [1.54, 1.807) is 0 Å². The maximum Gasteiger partial charge on any atom is 0.272 e. The highest BCUT2D eigenvalue weighted by molar-refractivity contribution is 5.95. The standard InChI is InChI=1S/C26H25N5O/c1-18-7-9-21(19(2)17-18)23-11-12-25(29-28-23)30-13-15-31(16-14-30)26(32)24-10-8-20-5-3-4-6-22(20)27-24/h3-12,17H,13-16H2,1-2H3. The molecular weight excluding hydrogens is 398 g/mol. The fraction of sp³-hybridized carbons (Fsp3) is 0.231. The predicted octanol–water partition coefficient (Wildman–Crippen LogP) is 4.27. The van der Waals surface area contributed by atoms with Crippen LogP contribution in [-0.2, 0) is 0 Å². The molecule has 0 atom stereocenters. The van der Waals surface area contributed by atoms with Crippen molar-refractivity contribution in [2.75, 3.05) is 31.1 Å². The van der Waals surface area contributed by atoms with Crippen molar-refractivity contribution < 1.29 is 4.79 Å². The first-order valence-corrected chi connectivity index (χ1v) is 10.9. The Hall–Kier alpha value is -3.80. The van der Waals surface area contributed by atoms with Crippen LogP contribution in [0.5, 0.6) is 0 Å². The van der Waals surface area contributed by atoms with E-state index < -0.39 is 0 Å². The van der Waals surface area contributed by atoms with Crippen LogP contribution in [0.15, 0.2) is 66.7 Å². The summed E-state index contributed by atoms with van der Waals surface area (Å²) < 4.78 is 0. The van der Waals surface area contributed by atoms with Crippen LogP contribution in [0.1, 0.15) is 21.6 Å². The van der Waals surface area contributed by atoms with Crippen molar-refractivity contribution in [1.82, 2.24) is 20.1 Å². The topological polar surface area (TPSA) is 62.2 Å². The molecule has 0 bridgehead atoms. The Morgan fingerprint density at radius 1 is 0.844 bits per heavy atom. The molecule has 1 aliphatic heterocycles. The number of rotatable bonds is 3. The minimum absolute atomic E-state index is 0.0216. The van der Waals surface area contributed by atoms with Crippen LogP contribution in [0.4, 0.5) is 5.82 Å². The molecule has 32 heavy (non-hydrogen) atoms. The molecule has 4 aromatic rings. The average molecular weight is 424 g/mol. The summed E-state index contributed by atoms with van der Waals surface area (Å²) in [5.74, 6) is 0.820. The number of piperazine rings is 1. The molecule has 0 unspecified atom stereocenters. The van der Waals surface area contributed by atoms with Gasteiger partial charge < -0.3 is 9.80 Å². The molecule has 6 nitrogen and oxygen atoms in total. The van der Waals surface area contributed by atoms with Gasteiger partial charge in [-0.2, -0.15) is 0 Å². The van der Waals surface area contributed by atoms with E-state index in [-0.39, 0.29) is 5.91 Å². The normalized spacial score (nSPS) is 14.1. The van der Waals surface area contributed by atoms with E-state index in [9.17, 15) is 4.79 Å². The van der Waals surface area contributed by atoms with Gasteiger partial charge in [-0.1, -0.05) is 48.0 Å². The van der Waals surface area contributed by atoms with E-state index >= 15 is 0 Å². The molecule has 1 aliphatic rings. The van der Waals surface area contributed by atoms with E-state index in [1.165, 1.54) is 11.1 Å². The lowest BCUT2D eigenvalue weighted by Crippen LogP contribution is -2.49. The Morgan fingerprint density at radius 2 is 1.66 bits per heavy atom. The van der Waals surface area contributed by atoms with Gasteiger partial charge in [-0.3, -0.25) is 4.79 Å². The van der Waals surface area contributed by atoms with Crippen molar-refractivity contribution >= 4 is 22.6 Å². The van der Waals surface area contributed by atoms with Crippen LogP contribution in [0.3, 0.4) is 0 Å². The Bertz CT molecular complexity index is 1280. The summed E-state index contributed by atoms with van der Waals surface area (Å²) in [5, 5.41) is 9.97. The molecule has 2 aromatic heterocycles. The highest BCUT2D eigenvalue weighted by Crippen LogP contribution is 2.24. The summed E-state index contributed by atoms with van der Waals surface area (Å²) in [7, 11) is 0. The minimum atomic E-state index is -0.0216. The maximum atomic E-state index is 13.0. The summed E-state index contributed by atoms with van der Waals surface area (Å²) in [6, 6.07) is 22.0. The smallest absolute Gasteiger partial charge is 0.272 e. The van der Waals surface area contributed by atoms with Gasteiger partial charge in [0.2, 0.25) is 0 Å². The van der Waals surface area contributed by atoms with Crippen LogP contribution in [0.2, 0.25) is 0 Å². The third kappa shape index (κ3) is 3.91. The van der Waals surface area contributed by atoms with Gasteiger partial charge in [0.1, 0.15) is 5.69 Å². The van der Waals surface area contributed by atoms with Crippen molar-refractivity contribution in [1.29, 1.82) is 0 Å². The molecular formula is C26H25N5O. The lowest BCUT2D eigenvalue weighted by atomic mass is 10.0. The van der Waals surface area contributed by atoms with Gasteiger partial charge >= 0.3 is 0 Å². The second kappa shape index (κ2) is 8.38. The monoisotopic (exact) mass is 423 g/mol. The first-order chi connectivity index (χ1) is 15.6. The highest BCUT2D eigenvalue weighted by atomic mass is 16.2. The van der Waals surface area contributed by atoms with Crippen molar-refractivity contribution in [2.45, 2.75) is 13.8 Å². The van der Waals surface area contributed by atoms with Gasteiger partial charge in [-0.05, 0) is 43.7 Å². The third-order valence-corrected chi connectivity index (χ3v) is 6.02. The van der Waals surface area contributed by atoms with Crippen molar-refractivity contribution in [3.8, 4) is 11.3 Å². The van der Waals surface area contributed by atoms with Crippen molar-refractivity contribution in [3.63, 3.8) is 0 Å². The number of hydrogen-bond acceptors (Lipinski definition) is 5. The van der Waals surface area contributed by atoms with E-state index in [0.29, 0.717) is 18.8 Å². The van der Waals surface area contributed by atoms with Gasteiger partial charge in [0.05, 0.1) is 11.2 Å². The van der Waals surface area contributed by atoms with Crippen molar-refractivity contribution in [3.05, 3.63) is 83.6 Å². The molecule has 0 N–H and O–H groups in total. The largest absolute Gasteiger partial charge is 0.352 e. The second-order valence-electron chi connectivity index (χ2n) is 8.26. The molecule has 1 amide bonds. The number of hydrogen-bond donors (Lipinski definition) is 0. The molecule has 1 fully saturated rings. The number of benzene rings is 2. The second-order valence-corrected chi connectivity index (χ2v) is 8.26. The van der Waals surface area contributed by atoms with E-state index in [1.807, 2.05) is 53.4 Å². The van der Waals surface area contributed by atoms with Crippen LogP contribution < -0.4 is 4.90 Å². The van der Waals surface area contributed by atoms with E-state index in [4.69, 9.17) is 0 Å². The maximum absolute atomic E-state index is 13.0. The first kappa shape index (κ1) is 20.1. The number of anilines is 1. The van der Waals surface area contributed by atoms with Gasteiger partial charge in [0.25, 0.3) is 5.91 Å². The molecule has 1 saturated heterocycles. The Kier molecular flexibility index (Phi) is 5.27. The number of nitrogens with zero attached hydrogens (tertiary/aromatic N) is 5. The number of aromatic nitrogens is 3. The number of carbonyl (C=O) groups is 1. The van der Waals surface area contributed by atoms with Crippen molar-refractivity contribution in [2.24, 2.45) is 0 Å². The number of para-hydroxylation sites is 1. The lowest BCUT2D eigenvalue weighted by molar-refractivity contribution is 0.0741. The predicted molar refractivity (Wildman–Crippen MR) is 127 cm³/mol. The molecule has 5 rings (SSSR count). The third-order valence-electron chi connectivity index (χ3n) is 6.02. The Labute approximate surface area is 187 Å². The zero-order valence-corrected chi connectivity index (χ0v) is 18.3. The number of pyridine rings is 1. The summed E-state index contributed by atoms with van der Waals surface area (Å²) in [4.78, 5) is 21.6. The zero-order valence-electron chi connectivity index (χ0n) is 18.3. The quantitative estimate of drug-likeness (QED) is 0.492. The van der Waals surface area contributed by atoms with E-state index in [0.717, 1.165) is 41.1 Å². The minimum Gasteiger partial charge on any atom is -0.352 e. The number of carbonyl (C=O) groups excluding carboxylic acids is 1. The van der Waals surface area contributed by atoms with Crippen LogP contribution in [-0.4, -0.2) is 52.2 Å². The van der Waals surface area contributed by atoms with Gasteiger partial charge in [0, 0.05) is 37.1 Å². The summed E-state index contributed by atoms with van der Waals surface area (Å²) in [6.07, 6.45) is 0. The number of amides is 1. The first-order valence-electron chi connectivity index (χ1n) is 10.9. The molecule has 0 spiro atoms. The number of fused-ring (bicyclic) bond motifs is 1. The van der Waals surface area contributed by atoms with Gasteiger partial charge in [-0.15, -0.1) is 10.2 Å².